The molecule has 5 nitrogen and oxygen atoms in total. The number of aromatic nitrogens is 1. The molecule has 0 unspecified atom stereocenters. The molecule has 1 aromatic rings. The number of nitrogens with zero attached hydrogens (tertiary/aromatic N) is 1. The minimum absolute atomic E-state index is 0.00740. The van der Waals surface area contributed by atoms with E-state index in [1.807, 2.05) is 6.92 Å². The molecule has 21 heavy (non-hydrogen) atoms. The van der Waals surface area contributed by atoms with Crippen molar-refractivity contribution in [2.45, 2.75) is 26.1 Å². The van der Waals surface area contributed by atoms with Gasteiger partial charge >= 0.3 is 12.1 Å². The molecular weight excluding hydrogens is 291 g/mol. The van der Waals surface area contributed by atoms with Crippen molar-refractivity contribution in [3.8, 4) is 0 Å². The highest BCUT2D eigenvalue weighted by molar-refractivity contribution is 5.69. The van der Waals surface area contributed by atoms with Crippen LogP contribution in [0.5, 0.6) is 0 Å². The lowest BCUT2D eigenvalue weighted by atomic mass is 10.3. The monoisotopic (exact) mass is 307 g/mol. The van der Waals surface area contributed by atoms with Crippen LogP contribution in [-0.2, 0) is 27.0 Å². The van der Waals surface area contributed by atoms with Crippen LogP contribution in [0.4, 0.5) is 13.2 Å². The molecule has 0 amide bonds. The van der Waals surface area contributed by atoms with E-state index in [-0.39, 0.29) is 13.2 Å². The first-order chi connectivity index (χ1) is 9.84. The summed E-state index contributed by atoms with van der Waals surface area (Å²) in [5.74, 6) is -0.795. The van der Waals surface area contributed by atoms with Gasteiger partial charge in [0.25, 0.3) is 5.56 Å². The number of hydrogen-bond acceptors (Lipinski definition) is 4. The Morgan fingerprint density at radius 3 is 2.57 bits per heavy atom. The van der Waals surface area contributed by atoms with Gasteiger partial charge in [-0.3, -0.25) is 9.59 Å². The Hall–Kier alpha value is -1.83. The van der Waals surface area contributed by atoms with Crippen LogP contribution in [0.15, 0.2) is 23.1 Å². The van der Waals surface area contributed by atoms with Crippen LogP contribution in [-0.4, -0.2) is 30.4 Å². The van der Waals surface area contributed by atoms with Crippen molar-refractivity contribution in [1.29, 1.82) is 0 Å². The smallest absolute Gasteiger partial charge is 0.417 e. The number of halogens is 3. The molecule has 0 atom stereocenters. The minimum atomic E-state index is -4.58. The summed E-state index contributed by atoms with van der Waals surface area (Å²) in [6.45, 7) is 2.08. The zero-order valence-corrected chi connectivity index (χ0v) is 11.5. The molecule has 0 N–H and O–H groups in total. The first-order valence-electron chi connectivity index (χ1n) is 6.35. The molecule has 0 aliphatic heterocycles. The molecular formula is C13H16F3NO4. The quantitative estimate of drug-likeness (QED) is 0.570. The van der Waals surface area contributed by atoms with Gasteiger partial charge in [-0.05, 0) is 12.5 Å². The van der Waals surface area contributed by atoms with Crippen LogP contribution in [0.2, 0.25) is 0 Å². The molecule has 0 bridgehead atoms. The fourth-order valence-corrected chi connectivity index (χ4v) is 1.47. The average molecular weight is 307 g/mol. The number of esters is 1. The summed E-state index contributed by atoms with van der Waals surface area (Å²) in [6, 6.07) is 1.43. The second-order valence-electron chi connectivity index (χ2n) is 4.21. The van der Waals surface area contributed by atoms with E-state index < -0.39 is 29.8 Å². The van der Waals surface area contributed by atoms with Crippen molar-refractivity contribution in [1.82, 2.24) is 4.57 Å². The Morgan fingerprint density at radius 1 is 1.24 bits per heavy atom. The van der Waals surface area contributed by atoms with Gasteiger partial charge in [0, 0.05) is 18.9 Å². The Labute approximate surface area is 119 Å². The van der Waals surface area contributed by atoms with E-state index in [0.29, 0.717) is 23.4 Å². The molecule has 1 heterocycles. The average Bonchev–Trinajstić information content (AvgIpc) is 2.40. The summed E-state index contributed by atoms with van der Waals surface area (Å²) in [6.07, 6.45) is -3.15. The lowest BCUT2D eigenvalue weighted by molar-refractivity contribution is -0.146. The Morgan fingerprint density at radius 2 is 1.95 bits per heavy atom. The predicted molar refractivity (Wildman–Crippen MR) is 67.8 cm³/mol. The lowest BCUT2D eigenvalue weighted by Crippen LogP contribution is -2.26. The molecule has 0 radical (unpaired) electrons. The van der Waals surface area contributed by atoms with Crippen LogP contribution in [0, 0.1) is 0 Å². The van der Waals surface area contributed by atoms with Gasteiger partial charge in [0.05, 0.1) is 12.2 Å². The number of pyridine rings is 1. The third kappa shape index (κ3) is 5.99. The summed E-state index contributed by atoms with van der Waals surface area (Å²) >= 11 is 0. The normalized spacial score (nSPS) is 11.4. The molecule has 0 saturated heterocycles. The second kappa shape index (κ2) is 7.82. The molecule has 1 rings (SSSR count). The molecule has 1 aromatic heterocycles. The summed E-state index contributed by atoms with van der Waals surface area (Å²) in [7, 11) is 0. The summed E-state index contributed by atoms with van der Waals surface area (Å²) < 4.78 is 48.0. The van der Waals surface area contributed by atoms with Gasteiger partial charge in [-0.2, -0.15) is 13.2 Å². The number of hydrogen-bond donors (Lipinski definition) is 0. The number of carbonyl (C=O) groups is 1. The van der Waals surface area contributed by atoms with Crippen molar-refractivity contribution in [3.05, 3.63) is 34.2 Å². The number of carbonyl (C=O) groups excluding carboxylic acids is 1. The summed E-state index contributed by atoms with van der Waals surface area (Å²) in [4.78, 5) is 22.9. The van der Waals surface area contributed by atoms with Gasteiger partial charge in [-0.1, -0.05) is 6.92 Å². The van der Waals surface area contributed by atoms with E-state index in [1.165, 1.54) is 0 Å². The third-order valence-electron chi connectivity index (χ3n) is 2.45. The maximum atomic E-state index is 12.5. The van der Waals surface area contributed by atoms with Crippen LogP contribution < -0.4 is 5.56 Å². The minimum Gasteiger partial charge on any atom is -0.462 e. The molecule has 8 heteroatoms. The van der Waals surface area contributed by atoms with E-state index in [1.54, 1.807) is 0 Å². The number of ether oxygens (including phenoxy) is 2. The highest BCUT2D eigenvalue weighted by Gasteiger charge is 2.31. The standard InChI is InChI=1S/C13H16F3NO4/c1-2-5-20-6-7-21-12(19)9-17-8-10(13(14,15)16)3-4-11(17)18/h3-4,8H,2,5-7,9H2,1H3. The molecule has 0 fully saturated rings. The molecule has 0 saturated carbocycles. The van der Waals surface area contributed by atoms with Crippen molar-refractivity contribution >= 4 is 5.97 Å². The van der Waals surface area contributed by atoms with E-state index >= 15 is 0 Å². The fourth-order valence-electron chi connectivity index (χ4n) is 1.47. The molecule has 118 valence electrons. The Bertz CT molecular complexity index is 525. The SMILES string of the molecule is CCCOCCOC(=O)Cn1cc(C(F)(F)F)ccc1=O. The van der Waals surface area contributed by atoms with Gasteiger partial charge in [0.1, 0.15) is 13.2 Å². The molecule has 0 aliphatic carbocycles. The van der Waals surface area contributed by atoms with Gasteiger partial charge < -0.3 is 14.0 Å². The van der Waals surface area contributed by atoms with Crippen molar-refractivity contribution in [2.75, 3.05) is 19.8 Å². The number of alkyl halides is 3. The predicted octanol–water partition coefficient (Wildman–Crippen LogP) is 1.84. The highest BCUT2D eigenvalue weighted by Crippen LogP contribution is 2.27. The van der Waals surface area contributed by atoms with Crippen molar-refractivity contribution < 1.29 is 27.4 Å². The molecule has 0 aliphatic rings. The van der Waals surface area contributed by atoms with Crippen LogP contribution in [0.1, 0.15) is 18.9 Å². The topological polar surface area (TPSA) is 57.5 Å². The van der Waals surface area contributed by atoms with Crippen molar-refractivity contribution in [3.63, 3.8) is 0 Å². The first kappa shape index (κ1) is 17.2. The zero-order chi connectivity index (χ0) is 15.9. The zero-order valence-electron chi connectivity index (χ0n) is 11.5. The van der Waals surface area contributed by atoms with Crippen LogP contribution in [0.3, 0.4) is 0 Å². The van der Waals surface area contributed by atoms with E-state index in [9.17, 15) is 22.8 Å². The lowest BCUT2D eigenvalue weighted by Gasteiger charge is -2.10. The molecule has 0 spiro atoms. The maximum Gasteiger partial charge on any atom is 0.417 e. The Balaban J connectivity index is 2.58. The highest BCUT2D eigenvalue weighted by atomic mass is 19.4. The van der Waals surface area contributed by atoms with Gasteiger partial charge in [0.15, 0.2) is 0 Å². The fraction of sp³-hybridized carbons (Fsp3) is 0.538. The Kier molecular flexibility index (Phi) is 6.41. The van der Waals surface area contributed by atoms with E-state index in [0.717, 1.165) is 12.5 Å². The second-order valence-corrected chi connectivity index (χ2v) is 4.21. The van der Waals surface area contributed by atoms with Crippen LogP contribution in [0.25, 0.3) is 0 Å². The first-order valence-corrected chi connectivity index (χ1v) is 6.35. The van der Waals surface area contributed by atoms with E-state index in [2.05, 4.69) is 0 Å². The van der Waals surface area contributed by atoms with Gasteiger partial charge in [0.2, 0.25) is 0 Å². The third-order valence-corrected chi connectivity index (χ3v) is 2.45. The van der Waals surface area contributed by atoms with E-state index in [4.69, 9.17) is 9.47 Å². The summed E-state index contributed by atoms with van der Waals surface area (Å²) in [5.41, 5.74) is -1.71. The largest absolute Gasteiger partial charge is 0.462 e. The van der Waals surface area contributed by atoms with Gasteiger partial charge in [-0.15, -0.1) is 0 Å². The van der Waals surface area contributed by atoms with Gasteiger partial charge in [-0.25, -0.2) is 0 Å². The number of rotatable bonds is 7. The molecule has 0 aromatic carbocycles. The summed E-state index contributed by atoms with van der Waals surface area (Å²) in [5, 5.41) is 0. The van der Waals surface area contributed by atoms with Crippen molar-refractivity contribution in [2.24, 2.45) is 0 Å². The maximum absolute atomic E-state index is 12.5. The van der Waals surface area contributed by atoms with Crippen LogP contribution >= 0.6 is 0 Å².